The molecule has 0 N–H and O–H groups in total. The lowest BCUT2D eigenvalue weighted by Crippen LogP contribution is -1.86. The van der Waals surface area contributed by atoms with E-state index in [1.807, 2.05) is 0 Å². The molecule has 0 radical (unpaired) electrons. The Bertz CT molecular complexity index is 398. The van der Waals surface area contributed by atoms with Crippen molar-refractivity contribution in [3.8, 4) is 18.1 Å². The van der Waals surface area contributed by atoms with Crippen LogP contribution in [0.5, 0.6) is 5.75 Å². The summed E-state index contributed by atoms with van der Waals surface area (Å²) in [5.41, 5.74) is 1.04. The zero-order chi connectivity index (χ0) is 9.68. The summed E-state index contributed by atoms with van der Waals surface area (Å²) >= 11 is 0. The third-order valence-corrected chi connectivity index (χ3v) is 1.51. The first-order valence-corrected chi connectivity index (χ1v) is 3.54. The van der Waals surface area contributed by atoms with Crippen LogP contribution in [-0.4, -0.2) is 13.2 Å². The normalized spacial score (nSPS) is 8.31. The predicted molar refractivity (Wildman–Crippen MR) is 48.7 cm³/mol. The van der Waals surface area contributed by atoms with Gasteiger partial charge in [0, 0.05) is 0 Å². The zero-order valence-corrected chi connectivity index (χ0v) is 7.07. The van der Waals surface area contributed by atoms with Gasteiger partial charge < -0.3 is 4.74 Å². The third-order valence-electron chi connectivity index (χ3n) is 1.51. The van der Waals surface area contributed by atoms with Crippen molar-refractivity contribution in [1.29, 1.82) is 0 Å². The van der Waals surface area contributed by atoms with E-state index in [1.54, 1.807) is 18.2 Å². The molecule has 0 amide bonds. The highest BCUT2D eigenvalue weighted by atomic mass is 16.5. The fourth-order valence-electron chi connectivity index (χ4n) is 0.931. The van der Waals surface area contributed by atoms with Gasteiger partial charge in [-0.15, -0.1) is 6.42 Å². The molecule has 0 spiro atoms. The average Bonchev–Trinajstić information content (AvgIpc) is 2.18. The quantitative estimate of drug-likeness (QED) is 0.387. The molecular weight excluding hydrogens is 166 g/mol. The Balaban J connectivity index is 3.22. The summed E-state index contributed by atoms with van der Waals surface area (Å²) in [5.74, 6) is 3.02. The number of terminal acetylenes is 1. The maximum absolute atomic E-state index is 9.95. The van der Waals surface area contributed by atoms with Crippen LogP contribution in [0.3, 0.4) is 0 Å². The molecule has 3 heteroatoms. The third kappa shape index (κ3) is 1.96. The van der Waals surface area contributed by atoms with Crippen LogP contribution < -0.4 is 4.74 Å². The second-order valence-corrected chi connectivity index (χ2v) is 2.23. The lowest BCUT2D eigenvalue weighted by molar-refractivity contribution is 0.413. The summed E-state index contributed by atoms with van der Waals surface area (Å²) in [5, 5.41) is 0. The number of hydrogen-bond donors (Lipinski definition) is 0. The topological polar surface area (TPSA) is 38.7 Å². The molecular formula is C10H7NO2. The highest BCUT2D eigenvalue weighted by molar-refractivity contribution is 5.57. The molecule has 13 heavy (non-hydrogen) atoms. The molecule has 0 fully saturated rings. The van der Waals surface area contributed by atoms with Crippen LogP contribution in [0.2, 0.25) is 0 Å². The molecule has 64 valence electrons. The van der Waals surface area contributed by atoms with Gasteiger partial charge in [-0.2, -0.15) is 4.99 Å². The van der Waals surface area contributed by atoms with Gasteiger partial charge in [-0.05, 0) is 18.2 Å². The van der Waals surface area contributed by atoms with E-state index in [0.717, 1.165) is 0 Å². The molecule has 0 saturated heterocycles. The molecule has 0 atom stereocenters. The Hall–Kier alpha value is -2.04. The lowest BCUT2D eigenvalue weighted by Gasteiger charge is -2.02. The summed E-state index contributed by atoms with van der Waals surface area (Å²) in [6.07, 6.45) is 6.66. The summed E-state index contributed by atoms with van der Waals surface area (Å²) in [6, 6.07) is 4.87. The first-order chi connectivity index (χ1) is 6.31. The zero-order valence-electron chi connectivity index (χ0n) is 7.07. The number of carbonyl (C=O) groups excluding carboxylic acids is 1. The average molecular weight is 173 g/mol. The number of aliphatic imine (C=N–C) groups is 1. The van der Waals surface area contributed by atoms with Gasteiger partial charge in [-0.3, -0.25) is 0 Å². The van der Waals surface area contributed by atoms with Crippen molar-refractivity contribution in [3.05, 3.63) is 23.8 Å². The molecule has 3 nitrogen and oxygen atoms in total. The number of isocyanates is 1. The Morgan fingerprint density at radius 3 is 2.85 bits per heavy atom. The van der Waals surface area contributed by atoms with Crippen molar-refractivity contribution < 1.29 is 9.53 Å². The number of benzene rings is 1. The van der Waals surface area contributed by atoms with Gasteiger partial charge in [0.15, 0.2) is 0 Å². The van der Waals surface area contributed by atoms with E-state index >= 15 is 0 Å². The molecule has 1 rings (SSSR count). The molecule has 0 aliphatic rings. The molecule has 0 bridgehead atoms. The second kappa shape index (κ2) is 4.10. The van der Waals surface area contributed by atoms with E-state index in [1.165, 1.54) is 13.2 Å². The summed E-state index contributed by atoms with van der Waals surface area (Å²) in [4.78, 5) is 13.4. The van der Waals surface area contributed by atoms with E-state index in [4.69, 9.17) is 11.2 Å². The monoisotopic (exact) mass is 173 g/mol. The fourth-order valence-corrected chi connectivity index (χ4v) is 0.931. The highest BCUT2D eigenvalue weighted by Crippen LogP contribution is 2.22. The van der Waals surface area contributed by atoms with Crippen LogP contribution >= 0.6 is 0 Å². The standard InChI is InChI=1S/C10H7NO2/c1-3-8-6-9(11-7-12)4-5-10(8)13-2/h1,4-6H,2H3. The van der Waals surface area contributed by atoms with Gasteiger partial charge in [-0.1, -0.05) is 5.92 Å². The second-order valence-electron chi connectivity index (χ2n) is 2.23. The molecule has 0 saturated carbocycles. The number of ether oxygens (including phenoxy) is 1. The van der Waals surface area contributed by atoms with Crippen LogP contribution in [0.1, 0.15) is 5.56 Å². The van der Waals surface area contributed by atoms with Crippen molar-refractivity contribution >= 4 is 11.8 Å². The molecule has 0 aromatic heterocycles. The minimum absolute atomic E-state index is 0.476. The van der Waals surface area contributed by atoms with Crippen LogP contribution in [-0.2, 0) is 4.79 Å². The van der Waals surface area contributed by atoms with Gasteiger partial charge in [0.05, 0.1) is 18.4 Å². The summed E-state index contributed by atoms with van der Waals surface area (Å²) in [7, 11) is 1.53. The molecule has 0 heterocycles. The van der Waals surface area contributed by atoms with E-state index in [9.17, 15) is 4.79 Å². The largest absolute Gasteiger partial charge is 0.495 e. The van der Waals surface area contributed by atoms with Crippen molar-refractivity contribution in [3.63, 3.8) is 0 Å². The summed E-state index contributed by atoms with van der Waals surface area (Å²) in [6.45, 7) is 0. The van der Waals surface area contributed by atoms with Gasteiger partial charge >= 0.3 is 0 Å². The van der Waals surface area contributed by atoms with Crippen molar-refractivity contribution in [2.45, 2.75) is 0 Å². The maximum Gasteiger partial charge on any atom is 0.240 e. The first kappa shape index (κ1) is 9.05. The Kier molecular flexibility index (Phi) is 2.86. The molecule has 0 unspecified atom stereocenters. The van der Waals surface area contributed by atoms with Crippen LogP contribution in [0.25, 0.3) is 0 Å². The molecule has 0 aliphatic heterocycles. The molecule has 0 aliphatic carbocycles. The lowest BCUT2D eigenvalue weighted by atomic mass is 10.2. The smallest absolute Gasteiger partial charge is 0.240 e. The summed E-state index contributed by atoms with van der Waals surface area (Å²) < 4.78 is 4.99. The van der Waals surface area contributed by atoms with Crippen molar-refractivity contribution in [1.82, 2.24) is 0 Å². The minimum Gasteiger partial charge on any atom is -0.495 e. The van der Waals surface area contributed by atoms with Gasteiger partial charge in [0.25, 0.3) is 0 Å². The number of nitrogens with zero attached hydrogens (tertiary/aromatic N) is 1. The Morgan fingerprint density at radius 2 is 2.31 bits per heavy atom. The van der Waals surface area contributed by atoms with E-state index < -0.39 is 0 Å². The molecule has 1 aromatic rings. The van der Waals surface area contributed by atoms with Crippen molar-refractivity contribution in [2.75, 3.05) is 7.11 Å². The SMILES string of the molecule is C#Cc1cc(N=C=O)ccc1OC. The van der Waals surface area contributed by atoms with Gasteiger partial charge in [0.2, 0.25) is 6.08 Å². The Labute approximate surface area is 76.1 Å². The number of hydrogen-bond acceptors (Lipinski definition) is 3. The van der Waals surface area contributed by atoms with Crippen LogP contribution in [0, 0.1) is 12.3 Å². The van der Waals surface area contributed by atoms with E-state index in [-0.39, 0.29) is 0 Å². The highest BCUT2D eigenvalue weighted by Gasteiger charge is 2.00. The maximum atomic E-state index is 9.95. The van der Waals surface area contributed by atoms with Crippen LogP contribution in [0.4, 0.5) is 5.69 Å². The van der Waals surface area contributed by atoms with Gasteiger partial charge in [0.1, 0.15) is 5.75 Å². The van der Waals surface area contributed by atoms with Crippen molar-refractivity contribution in [2.24, 2.45) is 4.99 Å². The van der Waals surface area contributed by atoms with E-state index in [2.05, 4.69) is 10.9 Å². The number of methoxy groups -OCH3 is 1. The first-order valence-electron chi connectivity index (χ1n) is 3.54. The molecule has 1 aromatic carbocycles. The van der Waals surface area contributed by atoms with E-state index in [0.29, 0.717) is 17.0 Å². The predicted octanol–water partition coefficient (Wildman–Crippen LogP) is 1.64. The van der Waals surface area contributed by atoms with Gasteiger partial charge in [-0.25, -0.2) is 4.79 Å². The minimum atomic E-state index is 0.476. The van der Waals surface area contributed by atoms with Crippen LogP contribution in [0.15, 0.2) is 23.2 Å². The number of rotatable bonds is 2. The fraction of sp³-hybridized carbons (Fsp3) is 0.100. The Morgan fingerprint density at radius 1 is 1.54 bits per heavy atom.